The third kappa shape index (κ3) is 2.98. The fraction of sp³-hybridized carbons (Fsp3) is 0.500. The fourth-order valence-corrected chi connectivity index (χ4v) is 2.65. The van der Waals surface area contributed by atoms with Crippen molar-refractivity contribution in [3.63, 3.8) is 0 Å². The summed E-state index contributed by atoms with van der Waals surface area (Å²) in [5.74, 6) is 1.36. The molecule has 2 unspecified atom stereocenters. The minimum atomic E-state index is -0.129. The number of aliphatic hydroxyl groups is 1. The molecular formula is C14H18N4O. The molecular weight excluding hydrogens is 240 g/mol. The maximum absolute atomic E-state index is 9.66. The highest BCUT2D eigenvalue weighted by Gasteiger charge is 2.19. The molecule has 19 heavy (non-hydrogen) atoms. The Morgan fingerprint density at radius 2 is 2.11 bits per heavy atom. The van der Waals surface area contributed by atoms with Crippen LogP contribution >= 0.6 is 0 Å². The summed E-state index contributed by atoms with van der Waals surface area (Å²) in [4.78, 5) is 12.8. The Balaban J connectivity index is 1.64. The zero-order chi connectivity index (χ0) is 13.1. The Morgan fingerprint density at radius 3 is 3.00 bits per heavy atom. The molecule has 3 rings (SSSR count). The van der Waals surface area contributed by atoms with E-state index in [9.17, 15) is 5.11 Å². The summed E-state index contributed by atoms with van der Waals surface area (Å²) >= 11 is 0. The number of rotatable bonds is 3. The van der Waals surface area contributed by atoms with Gasteiger partial charge in [-0.1, -0.05) is 6.42 Å². The van der Waals surface area contributed by atoms with E-state index in [-0.39, 0.29) is 6.10 Å². The Labute approximate surface area is 112 Å². The monoisotopic (exact) mass is 258 g/mol. The van der Waals surface area contributed by atoms with Crippen LogP contribution in [0.5, 0.6) is 0 Å². The number of hydrogen-bond donors (Lipinski definition) is 2. The van der Waals surface area contributed by atoms with Gasteiger partial charge in [-0.2, -0.15) is 0 Å². The quantitative estimate of drug-likeness (QED) is 0.881. The highest BCUT2D eigenvalue weighted by atomic mass is 16.3. The van der Waals surface area contributed by atoms with Crippen LogP contribution in [0.2, 0.25) is 0 Å². The molecule has 2 aromatic rings. The number of anilines is 1. The van der Waals surface area contributed by atoms with Crippen LogP contribution in [0.3, 0.4) is 0 Å². The lowest BCUT2D eigenvalue weighted by Gasteiger charge is -2.26. The van der Waals surface area contributed by atoms with E-state index in [1.165, 1.54) is 6.42 Å². The highest BCUT2D eigenvalue weighted by Crippen LogP contribution is 2.24. The molecule has 5 nitrogen and oxygen atoms in total. The van der Waals surface area contributed by atoms with E-state index in [1.54, 1.807) is 12.4 Å². The van der Waals surface area contributed by atoms with Crippen LogP contribution in [0.25, 0.3) is 11.2 Å². The molecule has 100 valence electrons. The summed E-state index contributed by atoms with van der Waals surface area (Å²) in [5.41, 5.74) is 1.47. The first-order valence-corrected chi connectivity index (χ1v) is 6.81. The predicted octanol–water partition coefficient (Wildman–Crippen LogP) is 1.99. The molecule has 1 aliphatic rings. The van der Waals surface area contributed by atoms with Crippen LogP contribution in [-0.4, -0.2) is 32.7 Å². The first kappa shape index (κ1) is 12.3. The molecule has 2 heterocycles. The number of fused-ring (bicyclic) bond motifs is 1. The summed E-state index contributed by atoms with van der Waals surface area (Å²) in [7, 11) is 0. The van der Waals surface area contributed by atoms with E-state index in [2.05, 4.69) is 20.3 Å². The molecule has 2 N–H and O–H groups in total. The number of aromatic nitrogens is 3. The number of hydrogen-bond acceptors (Lipinski definition) is 5. The summed E-state index contributed by atoms with van der Waals surface area (Å²) in [6, 6.07) is 3.85. The van der Waals surface area contributed by atoms with E-state index in [0.29, 0.717) is 11.6 Å². The largest absolute Gasteiger partial charge is 0.393 e. The third-order valence-corrected chi connectivity index (χ3v) is 3.66. The summed E-state index contributed by atoms with van der Waals surface area (Å²) in [5, 5.41) is 13.0. The standard InChI is InChI=1S/C14H18N4O/c19-11-3-1-2-10(8-11)9-17-13-5-4-12-14(18-13)16-7-6-15-12/h4-7,10-11,19H,1-3,8-9H2,(H,16,17,18). The Bertz CT molecular complexity index is 560. The second kappa shape index (κ2) is 5.48. The molecule has 0 aliphatic heterocycles. The average Bonchev–Trinajstić information content (AvgIpc) is 2.45. The first-order chi connectivity index (χ1) is 9.31. The summed E-state index contributed by atoms with van der Waals surface area (Å²) < 4.78 is 0. The van der Waals surface area contributed by atoms with E-state index in [0.717, 1.165) is 37.1 Å². The van der Waals surface area contributed by atoms with Crippen LogP contribution in [0.4, 0.5) is 5.82 Å². The van der Waals surface area contributed by atoms with Crippen molar-refractivity contribution >= 4 is 17.0 Å². The molecule has 5 heteroatoms. The van der Waals surface area contributed by atoms with Crippen molar-refractivity contribution in [3.05, 3.63) is 24.5 Å². The van der Waals surface area contributed by atoms with Crippen molar-refractivity contribution < 1.29 is 5.11 Å². The fourth-order valence-electron chi connectivity index (χ4n) is 2.65. The van der Waals surface area contributed by atoms with Crippen LogP contribution in [0.15, 0.2) is 24.5 Å². The zero-order valence-electron chi connectivity index (χ0n) is 10.8. The molecule has 0 radical (unpaired) electrons. The Morgan fingerprint density at radius 1 is 1.21 bits per heavy atom. The van der Waals surface area contributed by atoms with Crippen molar-refractivity contribution in [2.24, 2.45) is 5.92 Å². The lowest BCUT2D eigenvalue weighted by Crippen LogP contribution is -2.25. The SMILES string of the molecule is OC1CCCC(CNc2ccc3nccnc3n2)C1. The first-order valence-electron chi connectivity index (χ1n) is 6.81. The molecule has 0 aromatic carbocycles. The third-order valence-electron chi connectivity index (χ3n) is 3.66. The van der Waals surface area contributed by atoms with Crippen molar-refractivity contribution in [1.82, 2.24) is 15.0 Å². The smallest absolute Gasteiger partial charge is 0.180 e. The van der Waals surface area contributed by atoms with Crippen molar-refractivity contribution in [1.29, 1.82) is 0 Å². The molecule has 1 fully saturated rings. The van der Waals surface area contributed by atoms with Gasteiger partial charge in [-0.25, -0.2) is 9.97 Å². The van der Waals surface area contributed by atoms with E-state index < -0.39 is 0 Å². The van der Waals surface area contributed by atoms with Gasteiger partial charge in [-0.3, -0.25) is 4.98 Å². The van der Waals surface area contributed by atoms with Crippen LogP contribution in [0, 0.1) is 5.92 Å². The van der Waals surface area contributed by atoms with Gasteiger partial charge in [-0.05, 0) is 37.3 Å². The lowest BCUT2D eigenvalue weighted by molar-refractivity contribution is 0.104. The van der Waals surface area contributed by atoms with Gasteiger partial charge in [0.15, 0.2) is 5.65 Å². The lowest BCUT2D eigenvalue weighted by atomic mass is 9.87. The number of nitrogens with zero attached hydrogens (tertiary/aromatic N) is 3. The Hall–Kier alpha value is -1.75. The second-order valence-electron chi connectivity index (χ2n) is 5.16. The number of pyridine rings is 1. The van der Waals surface area contributed by atoms with Gasteiger partial charge in [0.1, 0.15) is 11.3 Å². The Kier molecular flexibility index (Phi) is 3.55. The van der Waals surface area contributed by atoms with Gasteiger partial charge in [-0.15, -0.1) is 0 Å². The second-order valence-corrected chi connectivity index (χ2v) is 5.16. The molecule has 0 bridgehead atoms. The molecule has 0 amide bonds. The van der Waals surface area contributed by atoms with E-state index in [1.807, 2.05) is 12.1 Å². The molecule has 1 aliphatic carbocycles. The average molecular weight is 258 g/mol. The van der Waals surface area contributed by atoms with Crippen molar-refractivity contribution in [3.8, 4) is 0 Å². The van der Waals surface area contributed by atoms with Gasteiger partial charge >= 0.3 is 0 Å². The van der Waals surface area contributed by atoms with Crippen molar-refractivity contribution in [2.75, 3.05) is 11.9 Å². The predicted molar refractivity (Wildman–Crippen MR) is 73.8 cm³/mol. The highest BCUT2D eigenvalue weighted by molar-refractivity contribution is 5.71. The van der Waals surface area contributed by atoms with Gasteiger partial charge in [0, 0.05) is 18.9 Å². The summed E-state index contributed by atoms with van der Waals surface area (Å²) in [6.45, 7) is 0.857. The van der Waals surface area contributed by atoms with Crippen molar-refractivity contribution in [2.45, 2.75) is 31.8 Å². The molecule has 2 aromatic heterocycles. The number of nitrogens with one attached hydrogen (secondary N) is 1. The zero-order valence-corrected chi connectivity index (χ0v) is 10.8. The van der Waals surface area contributed by atoms with Gasteiger partial charge < -0.3 is 10.4 Å². The maximum Gasteiger partial charge on any atom is 0.180 e. The molecule has 0 spiro atoms. The molecule has 0 saturated heterocycles. The van der Waals surface area contributed by atoms with Crippen LogP contribution < -0.4 is 5.32 Å². The molecule has 2 atom stereocenters. The van der Waals surface area contributed by atoms with Crippen LogP contribution in [-0.2, 0) is 0 Å². The van der Waals surface area contributed by atoms with Crippen LogP contribution in [0.1, 0.15) is 25.7 Å². The molecule has 1 saturated carbocycles. The van der Waals surface area contributed by atoms with E-state index in [4.69, 9.17) is 0 Å². The van der Waals surface area contributed by atoms with Gasteiger partial charge in [0.25, 0.3) is 0 Å². The number of aliphatic hydroxyl groups excluding tert-OH is 1. The minimum Gasteiger partial charge on any atom is -0.393 e. The topological polar surface area (TPSA) is 70.9 Å². The minimum absolute atomic E-state index is 0.129. The summed E-state index contributed by atoms with van der Waals surface area (Å²) in [6.07, 6.45) is 7.32. The van der Waals surface area contributed by atoms with E-state index >= 15 is 0 Å². The normalized spacial score (nSPS) is 23.4. The van der Waals surface area contributed by atoms with Gasteiger partial charge in [0.2, 0.25) is 0 Å². The van der Waals surface area contributed by atoms with Gasteiger partial charge in [0.05, 0.1) is 6.10 Å². The maximum atomic E-state index is 9.66.